The molecule has 2 N–H and O–H groups in total. The molecule has 0 aromatic heterocycles. The van der Waals surface area contributed by atoms with Crippen LogP contribution in [0.3, 0.4) is 0 Å². The molecule has 0 spiro atoms. The van der Waals surface area contributed by atoms with Gasteiger partial charge in [-0.2, -0.15) is 0 Å². The first-order chi connectivity index (χ1) is 9.27. The Morgan fingerprint density at radius 2 is 2.21 bits per heavy atom. The Kier molecular flexibility index (Phi) is 9.38. The largest absolute Gasteiger partial charge is 0.389 e. The number of aliphatic hydroxyl groups is 1. The molecule has 0 saturated carbocycles. The average molecular weight is 274 g/mol. The number of nitrogens with zero attached hydrogens (tertiary/aromatic N) is 1. The highest BCUT2D eigenvalue weighted by atomic mass is 16.5. The maximum atomic E-state index is 10.0. The second-order valence-electron chi connectivity index (χ2n) is 5.26. The van der Waals surface area contributed by atoms with Gasteiger partial charge in [0.1, 0.15) is 0 Å². The Labute approximate surface area is 117 Å². The fourth-order valence-electron chi connectivity index (χ4n) is 2.62. The lowest BCUT2D eigenvalue weighted by Gasteiger charge is -2.37. The number of β-amino-alcohol motifs (C(OH)–C–C–N with tert-alkyl or cyclic N) is 1. The third-order valence-electron chi connectivity index (χ3n) is 3.66. The number of hydrogen-bond donors (Lipinski definition) is 2. The topological polar surface area (TPSA) is 54.0 Å². The molecule has 2 unspecified atom stereocenters. The van der Waals surface area contributed by atoms with E-state index in [4.69, 9.17) is 9.47 Å². The zero-order valence-electron chi connectivity index (χ0n) is 12.4. The molecule has 19 heavy (non-hydrogen) atoms. The Morgan fingerprint density at radius 3 is 2.95 bits per heavy atom. The number of hydrogen-bond acceptors (Lipinski definition) is 5. The van der Waals surface area contributed by atoms with Gasteiger partial charge in [-0.15, -0.1) is 0 Å². The van der Waals surface area contributed by atoms with E-state index >= 15 is 0 Å². The van der Waals surface area contributed by atoms with E-state index in [1.165, 1.54) is 19.3 Å². The van der Waals surface area contributed by atoms with Crippen LogP contribution in [0.15, 0.2) is 0 Å². The lowest BCUT2D eigenvalue weighted by molar-refractivity contribution is -0.0115. The summed E-state index contributed by atoms with van der Waals surface area (Å²) in [7, 11) is 3.64. The molecule has 1 heterocycles. The zero-order chi connectivity index (χ0) is 13.9. The summed E-state index contributed by atoms with van der Waals surface area (Å²) >= 11 is 0. The first kappa shape index (κ1) is 16.9. The van der Waals surface area contributed by atoms with E-state index in [0.29, 0.717) is 25.9 Å². The summed E-state index contributed by atoms with van der Waals surface area (Å²) in [5.74, 6) is 0. The first-order valence-electron chi connectivity index (χ1n) is 7.41. The third kappa shape index (κ3) is 7.22. The molecule has 114 valence electrons. The zero-order valence-corrected chi connectivity index (χ0v) is 12.4. The molecule has 0 amide bonds. The summed E-state index contributed by atoms with van der Waals surface area (Å²) in [6.45, 7) is 4.41. The van der Waals surface area contributed by atoms with Gasteiger partial charge in [0.25, 0.3) is 0 Å². The van der Waals surface area contributed by atoms with E-state index in [0.717, 1.165) is 26.1 Å². The quantitative estimate of drug-likeness (QED) is 0.567. The van der Waals surface area contributed by atoms with Crippen LogP contribution in [0.2, 0.25) is 0 Å². The van der Waals surface area contributed by atoms with Crippen molar-refractivity contribution in [2.45, 2.75) is 37.8 Å². The molecule has 2 atom stereocenters. The monoisotopic (exact) mass is 274 g/mol. The minimum Gasteiger partial charge on any atom is -0.389 e. The number of likely N-dealkylation sites (tertiary alicyclic amines) is 1. The molecule has 5 heteroatoms. The van der Waals surface area contributed by atoms with Gasteiger partial charge in [0.15, 0.2) is 0 Å². The van der Waals surface area contributed by atoms with Gasteiger partial charge in [-0.05, 0) is 39.4 Å². The summed E-state index contributed by atoms with van der Waals surface area (Å²) in [5, 5.41) is 13.2. The van der Waals surface area contributed by atoms with Crippen molar-refractivity contribution >= 4 is 0 Å². The highest BCUT2D eigenvalue weighted by Gasteiger charge is 2.23. The maximum absolute atomic E-state index is 10.0. The van der Waals surface area contributed by atoms with Crippen molar-refractivity contribution in [3.05, 3.63) is 0 Å². The van der Waals surface area contributed by atoms with Crippen LogP contribution in [0.1, 0.15) is 25.7 Å². The van der Waals surface area contributed by atoms with Crippen molar-refractivity contribution in [3.63, 3.8) is 0 Å². The summed E-state index contributed by atoms with van der Waals surface area (Å²) in [4.78, 5) is 2.42. The number of piperidine rings is 1. The van der Waals surface area contributed by atoms with Gasteiger partial charge in [-0.3, -0.25) is 4.90 Å². The van der Waals surface area contributed by atoms with Gasteiger partial charge >= 0.3 is 0 Å². The fraction of sp³-hybridized carbons (Fsp3) is 1.00. The standard InChI is InChI=1S/C14H30N2O3/c1-15-7-6-13-5-3-4-8-16(13)11-14(17)12-19-10-9-18-2/h13-15,17H,3-12H2,1-2H3. The lowest BCUT2D eigenvalue weighted by atomic mass is 9.99. The summed E-state index contributed by atoms with van der Waals surface area (Å²) in [6, 6.07) is 0.606. The Morgan fingerprint density at radius 1 is 1.37 bits per heavy atom. The molecular weight excluding hydrogens is 244 g/mol. The molecule has 0 aromatic rings. The van der Waals surface area contributed by atoms with Gasteiger partial charge in [0.2, 0.25) is 0 Å². The van der Waals surface area contributed by atoms with Crippen molar-refractivity contribution in [1.82, 2.24) is 10.2 Å². The van der Waals surface area contributed by atoms with Crippen LogP contribution in [0.25, 0.3) is 0 Å². The SMILES string of the molecule is CNCCC1CCCCN1CC(O)COCCOC. The predicted molar refractivity (Wildman–Crippen MR) is 76.5 cm³/mol. The van der Waals surface area contributed by atoms with Crippen molar-refractivity contribution in [3.8, 4) is 0 Å². The highest BCUT2D eigenvalue weighted by molar-refractivity contribution is 4.79. The smallest absolute Gasteiger partial charge is 0.0900 e. The molecule has 1 aliphatic rings. The molecule has 1 rings (SSSR count). The normalized spacial score (nSPS) is 22.6. The third-order valence-corrected chi connectivity index (χ3v) is 3.66. The molecule has 1 aliphatic heterocycles. The van der Waals surface area contributed by atoms with Crippen LogP contribution in [0, 0.1) is 0 Å². The molecule has 0 bridgehead atoms. The van der Waals surface area contributed by atoms with Crippen molar-refractivity contribution in [1.29, 1.82) is 0 Å². The number of ether oxygens (including phenoxy) is 2. The van der Waals surface area contributed by atoms with E-state index in [9.17, 15) is 5.11 Å². The van der Waals surface area contributed by atoms with Crippen molar-refractivity contribution in [2.24, 2.45) is 0 Å². The van der Waals surface area contributed by atoms with Crippen LogP contribution >= 0.6 is 0 Å². The number of rotatable bonds is 10. The molecular formula is C14H30N2O3. The molecule has 0 radical (unpaired) electrons. The van der Waals surface area contributed by atoms with E-state index in [1.54, 1.807) is 7.11 Å². The molecule has 0 aromatic carbocycles. The second kappa shape index (κ2) is 10.6. The van der Waals surface area contributed by atoms with Gasteiger partial charge in [-0.1, -0.05) is 6.42 Å². The maximum Gasteiger partial charge on any atom is 0.0900 e. The van der Waals surface area contributed by atoms with E-state index in [1.807, 2.05) is 7.05 Å². The van der Waals surface area contributed by atoms with Gasteiger partial charge in [-0.25, -0.2) is 0 Å². The van der Waals surface area contributed by atoms with E-state index in [2.05, 4.69) is 10.2 Å². The summed E-state index contributed by atoms with van der Waals surface area (Å²) < 4.78 is 10.3. The number of nitrogens with one attached hydrogen (secondary N) is 1. The van der Waals surface area contributed by atoms with Gasteiger partial charge in [0.05, 0.1) is 25.9 Å². The van der Waals surface area contributed by atoms with Crippen molar-refractivity contribution < 1.29 is 14.6 Å². The van der Waals surface area contributed by atoms with Crippen LogP contribution < -0.4 is 5.32 Å². The van der Waals surface area contributed by atoms with E-state index in [-0.39, 0.29) is 0 Å². The average Bonchev–Trinajstić information content (AvgIpc) is 2.43. The summed E-state index contributed by atoms with van der Waals surface area (Å²) in [5.41, 5.74) is 0. The van der Waals surface area contributed by atoms with Gasteiger partial charge in [0, 0.05) is 19.7 Å². The molecule has 1 saturated heterocycles. The Bertz CT molecular complexity index is 217. The predicted octanol–water partition coefficient (Wildman–Crippen LogP) is 0.474. The molecule has 5 nitrogen and oxygen atoms in total. The minimum atomic E-state index is -0.396. The Hall–Kier alpha value is -0.200. The first-order valence-corrected chi connectivity index (χ1v) is 7.41. The van der Waals surface area contributed by atoms with Gasteiger partial charge < -0.3 is 19.9 Å². The Balaban J connectivity index is 2.22. The number of aliphatic hydroxyl groups excluding tert-OH is 1. The molecule has 0 aliphatic carbocycles. The van der Waals surface area contributed by atoms with Crippen LogP contribution in [-0.4, -0.2) is 75.8 Å². The van der Waals surface area contributed by atoms with Crippen LogP contribution in [0.5, 0.6) is 0 Å². The number of methoxy groups -OCH3 is 1. The minimum absolute atomic E-state index is 0.396. The summed E-state index contributed by atoms with van der Waals surface area (Å²) in [6.07, 6.45) is 4.57. The fourth-order valence-corrected chi connectivity index (χ4v) is 2.62. The lowest BCUT2D eigenvalue weighted by Crippen LogP contribution is -2.45. The highest BCUT2D eigenvalue weighted by Crippen LogP contribution is 2.19. The van der Waals surface area contributed by atoms with Crippen molar-refractivity contribution in [2.75, 3.05) is 53.6 Å². The molecule has 1 fully saturated rings. The van der Waals surface area contributed by atoms with Crippen LogP contribution in [-0.2, 0) is 9.47 Å². The second-order valence-corrected chi connectivity index (χ2v) is 5.26. The van der Waals surface area contributed by atoms with Crippen LogP contribution in [0.4, 0.5) is 0 Å². The van der Waals surface area contributed by atoms with E-state index < -0.39 is 6.10 Å².